The highest BCUT2D eigenvalue weighted by molar-refractivity contribution is 5.50. The average Bonchev–Trinajstić information content (AvgIpc) is 2.55. The lowest BCUT2D eigenvalue weighted by Crippen LogP contribution is -1.85. The van der Waals surface area contributed by atoms with Crippen molar-refractivity contribution in [1.82, 2.24) is 0 Å². The van der Waals surface area contributed by atoms with Crippen LogP contribution >= 0.6 is 0 Å². The van der Waals surface area contributed by atoms with Gasteiger partial charge in [-0.25, -0.2) is 0 Å². The second-order valence-corrected chi connectivity index (χ2v) is 4.22. The summed E-state index contributed by atoms with van der Waals surface area (Å²) in [5.41, 5.74) is 3.67. The smallest absolute Gasteiger partial charge is 0.171 e. The molecule has 2 aromatic rings. The van der Waals surface area contributed by atoms with Crippen molar-refractivity contribution < 1.29 is 0 Å². The number of anilines is 2. The zero-order chi connectivity index (χ0) is 14.9. The third-order valence-electron chi connectivity index (χ3n) is 2.81. The zero-order valence-corrected chi connectivity index (χ0v) is 12.1. The Bertz CT molecular complexity index is 546. The Labute approximate surface area is 124 Å². The first-order chi connectivity index (χ1) is 10.3. The van der Waals surface area contributed by atoms with Gasteiger partial charge in [-0.05, 0) is 48.5 Å². The molecule has 6 nitrogen and oxygen atoms in total. The van der Waals surface area contributed by atoms with E-state index in [9.17, 15) is 0 Å². The van der Waals surface area contributed by atoms with Crippen LogP contribution in [0.15, 0.2) is 69.0 Å². The Morgan fingerprint density at radius 1 is 0.667 bits per heavy atom. The number of hydrogen-bond acceptors (Lipinski definition) is 6. The zero-order valence-electron chi connectivity index (χ0n) is 12.1. The van der Waals surface area contributed by atoms with Gasteiger partial charge in [0.2, 0.25) is 0 Å². The molecule has 108 valence electrons. The summed E-state index contributed by atoms with van der Waals surface area (Å²) in [6, 6.07) is 15.3. The predicted molar refractivity (Wildman–Crippen MR) is 85.9 cm³/mol. The summed E-state index contributed by atoms with van der Waals surface area (Å²) < 4.78 is 0. The largest absolute Gasteiger partial charge is 0.388 e. The molecule has 6 heteroatoms. The number of benzene rings is 2. The molecule has 0 saturated carbocycles. The third-order valence-corrected chi connectivity index (χ3v) is 2.81. The lowest BCUT2D eigenvalue weighted by Gasteiger charge is -1.98. The van der Waals surface area contributed by atoms with Crippen LogP contribution in [0.5, 0.6) is 0 Å². The number of nitrogens with zero attached hydrogens (tertiary/aromatic N) is 4. The number of hydrogen-bond donors (Lipinski definition) is 2. The van der Waals surface area contributed by atoms with E-state index >= 15 is 0 Å². The highest BCUT2D eigenvalue weighted by Crippen LogP contribution is 2.17. The van der Waals surface area contributed by atoms with Crippen LogP contribution in [0.2, 0.25) is 0 Å². The molecule has 0 fully saturated rings. The Morgan fingerprint density at radius 2 is 1.05 bits per heavy atom. The van der Waals surface area contributed by atoms with Crippen molar-refractivity contribution in [3.05, 3.63) is 48.5 Å². The molecule has 0 atom stereocenters. The van der Waals surface area contributed by atoms with Gasteiger partial charge in [0.05, 0.1) is 11.4 Å². The molecule has 2 rings (SSSR count). The fourth-order valence-electron chi connectivity index (χ4n) is 1.64. The van der Waals surface area contributed by atoms with Gasteiger partial charge in [0.25, 0.3) is 0 Å². The first-order valence-electron chi connectivity index (χ1n) is 6.62. The Hall–Kier alpha value is -2.76. The van der Waals surface area contributed by atoms with E-state index in [4.69, 9.17) is 0 Å². The monoisotopic (exact) mass is 282 g/mol. The number of rotatable bonds is 6. The molecule has 0 saturated heterocycles. The van der Waals surface area contributed by atoms with Gasteiger partial charge in [-0.15, -0.1) is 0 Å². The lowest BCUT2D eigenvalue weighted by atomic mass is 10.3. The van der Waals surface area contributed by atoms with Crippen LogP contribution in [0.25, 0.3) is 0 Å². The molecule has 2 N–H and O–H groups in total. The summed E-state index contributed by atoms with van der Waals surface area (Å²) in [4.78, 5) is 0. The molecule has 0 unspecified atom stereocenters. The van der Waals surface area contributed by atoms with Crippen molar-refractivity contribution in [2.45, 2.75) is 0 Å². The molecule has 0 aliphatic rings. The van der Waals surface area contributed by atoms with Gasteiger partial charge in [0.1, 0.15) is 0 Å². The Morgan fingerprint density at radius 3 is 1.38 bits per heavy atom. The molecule has 0 aliphatic carbocycles. The fraction of sp³-hybridized carbons (Fsp3) is 0.200. The van der Waals surface area contributed by atoms with E-state index in [1.807, 2.05) is 62.6 Å². The Balaban J connectivity index is 1.84. The van der Waals surface area contributed by atoms with Crippen molar-refractivity contribution in [2.75, 3.05) is 31.4 Å². The molecule has 0 amide bonds. The quantitative estimate of drug-likeness (QED) is 0.760. The van der Waals surface area contributed by atoms with E-state index in [0.717, 1.165) is 22.7 Å². The summed E-state index contributed by atoms with van der Waals surface area (Å²) in [5.74, 6) is 0. The molecule has 0 radical (unpaired) electrons. The van der Waals surface area contributed by atoms with Crippen LogP contribution in [0.4, 0.5) is 22.7 Å². The molecule has 0 spiro atoms. The minimum atomic E-state index is 0.210. The SMILES string of the molecule is CNc1ccc(N=NCN=Nc2ccc(NC)cc2)cc1. The van der Waals surface area contributed by atoms with Gasteiger partial charge in [-0.3, -0.25) is 0 Å². The summed E-state index contributed by atoms with van der Waals surface area (Å²) in [7, 11) is 3.75. The summed E-state index contributed by atoms with van der Waals surface area (Å²) in [5, 5.41) is 22.2. The fourth-order valence-corrected chi connectivity index (χ4v) is 1.64. The van der Waals surface area contributed by atoms with Gasteiger partial charge >= 0.3 is 0 Å². The van der Waals surface area contributed by atoms with Crippen LogP contribution in [0.3, 0.4) is 0 Å². The van der Waals surface area contributed by atoms with Gasteiger partial charge in [0.15, 0.2) is 6.67 Å². The van der Waals surface area contributed by atoms with Crippen LogP contribution in [0, 0.1) is 0 Å². The Kier molecular flexibility index (Phi) is 5.40. The van der Waals surface area contributed by atoms with Crippen LogP contribution < -0.4 is 10.6 Å². The highest BCUT2D eigenvalue weighted by Gasteiger charge is 1.91. The van der Waals surface area contributed by atoms with E-state index in [1.54, 1.807) is 0 Å². The summed E-state index contributed by atoms with van der Waals surface area (Å²) >= 11 is 0. The van der Waals surface area contributed by atoms with Crippen molar-refractivity contribution in [2.24, 2.45) is 20.5 Å². The minimum Gasteiger partial charge on any atom is -0.388 e. The first kappa shape index (κ1) is 14.6. The molecule has 0 aromatic heterocycles. The van der Waals surface area contributed by atoms with Crippen molar-refractivity contribution >= 4 is 22.7 Å². The van der Waals surface area contributed by atoms with Crippen molar-refractivity contribution in [1.29, 1.82) is 0 Å². The molecule has 21 heavy (non-hydrogen) atoms. The van der Waals surface area contributed by atoms with E-state index in [1.165, 1.54) is 0 Å². The van der Waals surface area contributed by atoms with Crippen LogP contribution in [-0.2, 0) is 0 Å². The molecule has 0 aliphatic heterocycles. The average molecular weight is 282 g/mol. The van der Waals surface area contributed by atoms with Gasteiger partial charge in [0, 0.05) is 25.5 Å². The number of nitrogens with one attached hydrogen (secondary N) is 2. The maximum Gasteiger partial charge on any atom is 0.171 e. The molecule has 2 aromatic carbocycles. The minimum absolute atomic E-state index is 0.210. The second-order valence-electron chi connectivity index (χ2n) is 4.22. The topological polar surface area (TPSA) is 73.5 Å². The van der Waals surface area contributed by atoms with E-state index < -0.39 is 0 Å². The normalized spacial score (nSPS) is 11.1. The highest BCUT2D eigenvalue weighted by atomic mass is 15.2. The maximum absolute atomic E-state index is 4.07. The van der Waals surface area contributed by atoms with E-state index in [0.29, 0.717) is 0 Å². The second kappa shape index (κ2) is 7.74. The maximum atomic E-state index is 4.07. The molecular formula is C15H18N6. The van der Waals surface area contributed by atoms with Crippen molar-refractivity contribution in [3.8, 4) is 0 Å². The first-order valence-corrected chi connectivity index (χ1v) is 6.62. The third kappa shape index (κ3) is 4.68. The van der Waals surface area contributed by atoms with Gasteiger partial charge in [-0.1, -0.05) is 0 Å². The molecule has 0 bridgehead atoms. The predicted octanol–water partition coefficient (Wildman–Crippen LogP) is 4.60. The summed E-state index contributed by atoms with van der Waals surface area (Å²) in [6.45, 7) is 0.210. The van der Waals surface area contributed by atoms with Crippen LogP contribution in [0.1, 0.15) is 0 Å². The summed E-state index contributed by atoms with van der Waals surface area (Å²) in [6.07, 6.45) is 0. The van der Waals surface area contributed by atoms with Crippen molar-refractivity contribution in [3.63, 3.8) is 0 Å². The standard InChI is InChI=1S/C15H18N6/c1-16-12-3-7-14(8-4-12)20-18-11-19-21-15-9-5-13(17-2)6-10-15/h3-10,16-17H,11H2,1-2H3. The lowest BCUT2D eigenvalue weighted by molar-refractivity contribution is 0.904. The van der Waals surface area contributed by atoms with E-state index in [-0.39, 0.29) is 6.67 Å². The van der Waals surface area contributed by atoms with Gasteiger partial charge in [-0.2, -0.15) is 20.5 Å². The van der Waals surface area contributed by atoms with Gasteiger partial charge < -0.3 is 10.6 Å². The van der Waals surface area contributed by atoms with Crippen LogP contribution in [-0.4, -0.2) is 20.8 Å². The van der Waals surface area contributed by atoms with E-state index in [2.05, 4.69) is 31.1 Å². The molecule has 0 heterocycles. The number of azo groups is 2. The molecular weight excluding hydrogens is 264 g/mol.